The minimum absolute atomic E-state index is 0.0724. The molecule has 140 valence electrons. The lowest BCUT2D eigenvalue weighted by atomic mass is 9.87. The second-order valence-electron chi connectivity index (χ2n) is 7.06. The van der Waals surface area contributed by atoms with Crippen molar-refractivity contribution in [2.45, 2.75) is 31.1 Å². The minimum atomic E-state index is -3.37. The van der Waals surface area contributed by atoms with Gasteiger partial charge in [-0.1, -0.05) is 39.0 Å². The lowest BCUT2D eigenvalue weighted by Crippen LogP contribution is -2.13. The maximum absolute atomic E-state index is 12.0. The van der Waals surface area contributed by atoms with E-state index in [1.807, 2.05) is 24.3 Å². The second kappa shape index (κ2) is 7.91. The van der Waals surface area contributed by atoms with Crippen LogP contribution in [0.5, 0.6) is 5.75 Å². The Morgan fingerprint density at radius 3 is 2.23 bits per heavy atom. The van der Waals surface area contributed by atoms with E-state index in [4.69, 9.17) is 9.47 Å². The number of carbonyl (C=O) groups excluding carboxylic acids is 1. The number of esters is 1. The van der Waals surface area contributed by atoms with Crippen LogP contribution in [0.4, 0.5) is 0 Å². The average molecular weight is 376 g/mol. The predicted octanol–water partition coefficient (Wildman–Crippen LogP) is 3.62. The van der Waals surface area contributed by atoms with Gasteiger partial charge in [0.25, 0.3) is 0 Å². The van der Waals surface area contributed by atoms with Gasteiger partial charge in [-0.2, -0.15) is 0 Å². The molecule has 0 fully saturated rings. The van der Waals surface area contributed by atoms with E-state index < -0.39 is 15.8 Å². The molecular weight excluding hydrogens is 352 g/mol. The summed E-state index contributed by atoms with van der Waals surface area (Å²) in [7, 11) is -3.37. The SMILES string of the molecule is CC(C)(C)c1ccc(OCCOC(=O)c2cccc(S(C)(=O)=O)c2)cc1. The Kier molecular flexibility index (Phi) is 6.08. The van der Waals surface area contributed by atoms with Crippen LogP contribution in [0.2, 0.25) is 0 Å². The first-order valence-electron chi connectivity index (χ1n) is 8.28. The molecule has 0 heterocycles. The summed E-state index contributed by atoms with van der Waals surface area (Å²) in [5, 5.41) is 0. The van der Waals surface area contributed by atoms with Crippen molar-refractivity contribution in [3.8, 4) is 5.75 Å². The number of carbonyl (C=O) groups is 1. The molecule has 0 saturated carbocycles. The number of rotatable bonds is 6. The normalized spacial score (nSPS) is 11.8. The van der Waals surface area contributed by atoms with Gasteiger partial charge in [0.15, 0.2) is 9.84 Å². The van der Waals surface area contributed by atoms with Crippen molar-refractivity contribution in [1.82, 2.24) is 0 Å². The average Bonchev–Trinajstić information content (AvgIpc) is 2.57. The third-order valence-corrected chi connectivity index (χ3v) is 4.91. The highest BCUT2D eigenvalue weighted by Gasteiger charge is 2.14. The van der Waals surface area contributed by atoms with Crippen molar-refractivity contribution in [3.05, 3.63) is 59.7 Å². The molecule has 0 atom stereocenters. The third-order valence-electron chi connectivity index (χ3n) is 3.80. The molecule has 0 bridgehead atoms. The van der Waals surface area contributed by atoms with E-state index in [9.17, 15) is 13.2 Å². The summed E-state index contributed by atoms with van der Waals surface area (Å²) in [5.74, 6) is 0.121. The van der Waals surface area contributed by atoms with Gasteiger partial charge in [-0.25, -0.2) is 13.2 Å². The molecule has 0 aliphatic heterocycles. The monoisotopic (exact) mass is 376 g/mol. The quantitative estimate of drug-likeness (QED) is 0.569. The molecule has 2 rings (SSSR count). The van der Waals surface area contributed by atoms with Gasteiger partial charge in [0.05, 0.1) is 10.5 Å². The summed E-state index contributed by atoms with van der Waals surface area (Å²) in [6.45, 7) is 6.71. The molecule has 5 nitrogen and oxygen atoms in total. The molecular formula is C20H24O5S. The summed E-state index contributed by atoms with van der Waals surface area (Å²) in [6.07, 6.45) is 1.09. The van der Waals surface area contributed by atoms with Gasteiger partial charge >= 0.3 is 5.97 Å². The summed E-state index contributed by atoms with van der Waals surface area (Å²) in [5.41, 5.74) is 1.48. The highest BCUT2D eigenvalue weighted by molar-refractivity contribution is 7.90. The van der Waals surface area contributed by atoms with Crippen LogP contribution in [-0.2, 0) is 20.0 Å². The van der Waals surface area contributed by atoms with Crippen LogP contribution in [-0.4, -0.2) is 33.9 Å². The van der Waals surface area contributed by atoms with Crippen LogP contribution >= 0.6 is 0 Å². The Hall–Kier alpha value is -2.34. The summed E-state index contributed by atoms with van der Waals surface area (Å²) < 4.78 is 33.8. The Balaban J connectivity index is 1.85. The zero-order valence-corrected chi connectivity index (χ0v) is 16.3. The van der Waals surface area contributed by atoms with Gasteiger partial charge < -0.3 is 9.47 Å². The van der Waals surface area contributed by atoms with E-state index in [2.05, 4.69) is 20.8 Å². The molecule has 0 saturated heterocycles. The predicted molar refractivity (Wildman–Crippen MR) is 100 cm³/mol. The largest absolute Gasteiger partial charge is 0.490 e. The van der Waals surface area contributed by atoms with E-state index in [1.54, 1.807) is 0 Å². The Morgan fingerprint density at radius 1 is 1.00 bits per heavy atom. The topological polar surface area (TPSA) is 69.7 Å². The molecule has 26 heavy (non-hydrogen) atoms. The number of benzene rings is 2. The van der Waals surface area contributed by atoms with Crippen LogP contribution in [0.15, 0.2) is 53.4 Å². The fourth-order valence-corrected chi connectivity index (χ4v) is 2.95. The fourth-order valence-electron chi connectivity index (χ4n) is 2.28. The molecule has 0 amide bonds. The van der Waals surface area contributed by atoms with E-state index in [0.717, 1.165) is 6.26 Å². The van der Waals surface area contributed by atoms with E-state index >= 15 is 0 Å². The molecule has 6 heteroatoms. The van der Waals surface area contributed by atoms with Crippen molar-refractivity contribution in [2.24, 2.45) is 0 Å². The van der Waals surface area contributed by atoms with Crippen LogP contribution in [0, 0.1) is 0 Å². The zero-order chi connectivity index (χ0) is 19.4. The van der Waals surface area contributed by atoms with Crippen molar-refractivity contribution in [1.29, 1.82) is 0 Å². The molecule has 0 aromatic heterocycles. The van der Waals surface area contributed by atoms with Crippen molar-refractivity contribution in [3.63, 3.8) is 0 Å². The first-order valence-corrected chi connectivity index (χ1v) is 10.2. The molecule has 0 spiro atoms. The number of sulfone groups is 1. The molecule has 2 aromatic carbocycles. The Morgan fingerprint density at radius 2 is 1.65 bits per heavy atom. The van der Waals surface area contributed by atoms with Gasteiger partial charge in [-0.05, 0) is 41.3 Å². The van der Waals surface area contributed by atoms with Crippen molar-refractivity contribution < 1.29 is 22.7 Å². The molecule has 0 unspecified atom stereocenters. The van der Waals surface area contributed by atoms with E-state index in [-0.39, 0.29) is 29.1 Å². The molecule has 0 N–H and O–H groups in total. The first kappa shape index (κ1) is 20.0. The maximum Gasteiger partial charge on any atom is 0.338 e. The summed E-state index contributed by atoms with van der Waals surface area (Å²) >= 11 is 0. The second-order valence-corrected chi connectivity index (χ2v) is 9.07. The van der Waals surface area contributed by atoms with Gasteiger partial charge in [-0.3, -0.25) is 0 Å². The standard InChI is InChI=1S/C20H24O5S/c1-20(2,3)16-8-10-17(11-9-16)24-12-13-25-19(21)15-6-5-7-18(14-15)26(4,22)23/h5-11,14H,12-13H2,1-4H3. The van der Waals surface area contributed by atoms with Crippen LogP contribution < -0.4 is 4.74 Å². The summed E-state index contributed by atoms with van der Waals surface area (Å²) in [6, 6.07) is 13.6. The number of hydrogen-bond acceptors (Lipinski definition) is 5. The zero-order valence-electron chi connectivity index (χ0n) is 15.5. The minimum Gasteiger partial charge on any atom is -0.490 e. The van der Waals surface area contributed by atoms with Crippen LogP contribution in [0.1, 0.15) is 36.7 Å². The molecule has 0 radical (unpaired) electrons. The number of ether oxygens (including phenoxy) is 2. The third kappa shape index (κ3) is 5.59. The fraction of sp³-hybridized carbons (Fsp3) is 0.350. The highest BCUT2D eigenvalue weighted by Crippen LogP contribution is 2.24. The van der Waals surface area contributed by atoms with Gasteiger partial charge in [0.2, 0.25) is 0 Å². The Bertz CT molecular complexity index is 862. The first-order chi connectivity index (χ1) is 12.1. The Labute approximate surface area is 154 Å². The number of hydrogen-bond donors (Lipinski definition) is 0. The summed E-state index contributed by atoms with van der Waals surface area (Å²) in [4.78, 5) is 12.1. The van der Waals surface area contributed by atoms with E-state index in [1.165, 1.54) is 29.8 Å². The smallest absolute Gasteiger partial charge is 0.338 e. The molecule has 0 aliphatic carbocycles. The molecule has 2 aromatic rings. The van der Waals surface area contributed by atoms with Crippen molar-refractivity contribution in [2.75, 3.05) is 19.5 Å². The maximum atomic E-state index is 12.0. The van der Waals surface area contributed by atoms with E-state index in [0.29, 0.717) is 5.75 Å². The van der Waals surface area contributed by atoms with Crippen LogP contribution in [0.25, 0.3) is 0 Å². The van der Waals surface area contributed by atoms with Gasteiger partial charge in [0, 0.05) is 6.26 Å². The molecule has 0 aliphatic rings. The van der Waals surface area contributed by atoms with Crippen LogP contribution in [0.3, 0.4) is 0 Å². The van der Waals surface area contributed by atoms with Gasteiger partial charge in [-0.15, -0.1) is 0 Å². The highest BCUT2D eigenvalue weighted by atomic mass is 32.2. The van der Waals surface area contributed by atoms with Gasteiger partial charge in [0.1, 0.15) is 19.0 Å². The lowest BCUT2D eigenvalue weighted by Gasteiger charge is -2.19. The lowest BCUT2D eigenvalue weighted by molar-refractivity contribution is 0.0450. The van der Waals surface area contributed by atoms with Crippen molar-refractivity contribution >= 4 is 15.8 Å².